The Morgan fingerprint density at radius 3 is 3.05 bits per heavy atom. The zero-order valence-electron chi connectivity index (χ0n) is 10.2. The van der Waals surface area contributed by atoms with Crippen LogP contribution in [-0.2, 0) is 17.9 Å². The van der Waals surface area contributed by atoms with Crippen LogP contribution in [0, 0.1) is 5.82 Å². The van der Waals surface area contributed by atoms with Crippen LogP contribution in [0.2, 0.25) is 0 Å². The lowest BCUT2D eigenvalue weighted by atomic mass is 9.99. The Bertz CT molecular complexity index is 609. The van der Waals surface area contributed by atoms with Gasteiger partial charge < -0.3 is 4.84 Å². The highest BCUT2D eigenvalue weighted by Crippen LogP contribution is 2.18. The summed E-state index contributed by atoms with van der Waals surface area (Å²) in [7, 11) is 0. The van der Waals surface area contributed by atoms with Crippen LogP contribution in [0.3, 0.4) is 0 Å². The van der Waals surface area contributed by atoms with Gasteiger partial charge in [0.05, 0.1) is 0 Å². The number of aryl methyl sites for hydroxylation is 1. The van der Waals surface area contributed by atoms with Gasteiger partial charge in [-0.15, -0.1) is 0 Å². The molecular weight excluding hydrogens is 249 g/mol. The highest BCUT2D eigenvalue weighted by molar-refractivity contribution is 6.00. The Kier molecular flexibility index (Phi) is 3.22. The van der Waals surface area contributed by atoms with Gasteiger partial charge in [-0.3, -0.25) is 0 Å². The van der Waals surface area contributed by atoms with Gasteiger partial charge in [0.2, 0.25) is 0 Å². The summed E-state index contributed by atoms with van der Waals surface area (Å²) < 4.78 is 18.1. The second kappa shape index (κ2) is 5.17. The molecule has 1 aliphatic rings. The first-order chi connectivity index (χ1) is 9.34. The van der Waals surface area contributed by atoms with Crippen LogP contribution in [-0.4, -0.2) is 16.0 Å². The fourth-order valence-corrected chi connectivity index (χ4v) is 2.02. The van der Waals surface area contributed by atoms with Gasteiger partial charge in [0.15, 0.2) is 5.69 Å². The molecule has 0 bridgehead atoms. The molecule has 0 spiro atoms. The molecule has 0 radical (unpaired) electrons. The third kappa shape index (κ3) is 2.47. The van der Waals surface area contributed by atoms with Crippen LogP contribution in [0.1, 0.15) is 29.8 Å². The highest BCUT2D eigenvalue weighted by Gasteiger charge is 2.21. The molecule has 2 aromatic rings. The van der Waals surface area contributed by atoms with Crippen molar-refractivity contribution in [3.8, 4) is 0 Å². The summed E-state index contributed by atoms with van der Waals surface area (Å²) in [5.41, 5.74) is 2.64. The average molecular weight is 261 g/mol. The summed E-state index contributed by atoms with van der Waals surface area (Å²) in [6.07, 6.45) is 2.53. The summed E-state index contributed by atoms with van der Waals surface area (Å²) in [6, 6.07) is 6.46. The molecule has 0 N–H and O–H groups in total. The number of halogens is 1. The van der Waals surface area contributed by atoms with E-state index in [-0.39, 0.29) is 12.4 Å². The molecule has 0 amide bonds. The Morgan fingerprint density at radius 1 is 1.26 bits per heavy atom. The van der Waals surface area contributed by atoms with Crippen LogP contribution in [0.4, 0.5) is 4.39 Å². The molecule has 1 aromatic carbocycles. The minimum absolute atomic E-state index is 0.0940. The van der Waals surface area contributed by atoms with Gasteiger partial charge in [0.1, 0.15) is 23.8 Å². The number of hydrogen-bond acceptors (Lipinski definition) is 5. The van der Waals surface area contributed by atoms with E-state index in [1.54, 1.807) is 18.2 Å². The van der Waals surface area contributed by atoms with Gasteiger partial charge in [-0.25, -0.2) is 9.02 Å². The van der Waals surface area contributed by atoms with E-state index in [1.807, 2.05) is 0 Å². The highest BCUT2D eigenvalue weighted by atomic mass is 19.1. The lowest BCUT2D eigenvalue weighted by Crippen LogP contribution is -2.12. The second-order valence-electron chi connectivity index (χ2n) is 4.32. The van der Waals surface area contributed by atoms with E-state index in [4.69, 9.17) is 4.84 Å². The quantitative estimate of drug-likeness (QED) is 0.796. The van der Waals surface area contributed by atoms with Gasteiger partial charge >= 0.3 is 0 Å². The van der Waals surface area contributed by atoms with E-state index in [2.05, 4.69) is 20.1 Å². The van der Waals surface area contributed by atoms with Gasteiger partial charge in [0.25, 0.3) is 0 Å². The molecule has 1 aromatic heterocycles. The van der Waals surface area contributed by atoms with Crippen molar-refractivity contribution in [2.75, 3.05) is 0 Å². The van der Waals surface area contributed by atoms with Crippen molar-refractivity contribution in [1.82, 2.24) is 10.3 Å². The topological polar surface area (TPSA) is 60.5 Å². The minimum Gasteiger partial charge on any atom is -0.391 e. The molecule has 0 unspecified atom stereocenters. The maximum Gasteiger partial charge on any atom is 0.155 e. The van der Waals surface area contributed by atoms with Crippen molar-refractivity contribution in [2.45, 2.75) is 25.9 Å². The van der Waals surface area contributed by atoms with Gasteiger partial charge in [-0.05, 0) is 30.5 Å². The summed E-state index contributed by atoms with van der Waals surface area (Å²) in [5, 5.41) is 11.6. The Morgan fingerprint density at radius 2 is 2.16 bits per heavy atom. The Labute approximate surface area is 109 Å². The van der Waals surface area contributed by atoms with E-state index < -0.39 is 0 Å². The minimum atomic E-state index is -0.296. The first-order valence-electron chi connectivity index (χ1n) is 6.08. The third-order valence-corrected chi connectivity index (χ3v) is 3.01. The SMILES string of the molecule is Fc1ccccc1CO/N=C1/CCCc2nonc21. The number of hydrogen-bond donors (Lipinski definition) is 0. The standard InChI is InChI=1S/C13H12FN3O2/c14-10-5-2-1-4-9(10)8-18-15-11-6-3-7-12-13(11)17-19-16-12/h1-2,4-5H,3,6-8H2/b15-11-. The number of rotatable bonds is 3. The van der Waals surface area contributed by atoms with Crippen LogP contribution >= 0.6 is 0 Å². The van der Waals surface area contributed by atoms with Gasteiger partial charge in [0, 0.05) is 5.56 Å². The van der Waals surface area contributed by atoms with E-state index in [9.17, 15) is 4.39 Å². The summed E-state index contributed by atoms with van der Waals surface area (Å²) in [4.78, 5) is 5.20. The zero-order valence-corrected chi connectivity index (χ0v) is 10.2. The van der Waals surface area contributed by atoms with Gasteiger partial charge in [-0.1, -0.05) is 28.5 Å². The molecule has 5 nitrogen and oxygen atoms in total. The van der Waals surface area contributed by atoms with E-state index in [0.717, 1.165) is 25.0 Å². The first kappa shape index (κ1) is 11.8. The van der Waals surface area contributed by atoms with E-state index >= 15 is 0 Å². The normalized spacial score (nSPS) is 16.4. The van der Waals surface area contributed by atoms with Crippen molar-refractivity contribution in [1.29, 1.82) is 0 Å². The van der Waals surface area contributed by atoms with Gasteiger partial charge in [-0.2, -0.15) is 0 Å². The lowest BCUT2D eigenvalue weighted by molar-refractivity contribution is 0.127. The molecule has 1 heterocycles. The summed E-state index contributed by atoms with van der Waals surface area (Å²) in [5.74, 6) is -0.296. The van der Waals surface area contributed by atoms with Crippen LogP contribution < -0.4 is 0 Å². The first-order valence-corrected chi connectivity index (χ1v) is 6.08. The monoisotopic (exact) mass is 261 g/mol. The molecule has 0 fully saturated rings. The lowest BCUT2D eigenvalue weighted by Gasteiger charge is -2.09. The summed E-state index contributed by atoms with van der Waals surface area (Å²) >= 11 is 0. The number of fused-ring (bicyclic) bond motifs is 1. The smallest absolute Gasteiger partial charge is 0.155 e. The largest absolute Gasteiger partial charge is 0.391 e. The maximum absolute atomic E-state index is 13.4. The van der Waals surface area contributed by atoms with Crippen molar-refractivity contribution >= 4 is 5.71 Å². The number of nitrogens with zero attached hydrogens (tertiary/aromatic N) is 3. The van der Waals surface area contributed by atoms with Crippen LogP contribution in [0.15, 0.2) is 34.1 Å². The molecule has 0 saturated heterocycles. The van der Waals surface area contributed by atoms with Crippen molar-refractivity contribution in [3.05, 3.63) is 47.0 Å². The Balaban J connectivity index is 1.70. The second-order valence-corrected chi connectivity index (χ2v) is 4.32. The van der Waals surface area contributed by atoms with Crippen LogP contribution in [0.25, 0.3) is 0 Å². The molecule has 19 heavy (non-hydrogen) atoms. The molecule has 3 rings (SSSR count). The molecule has 6 heteroatoms. The number of oxime groups is 1. The fourth-order valence-electron chi connectivity index (χ4n) is 2.02. The Hall–Kier alpha value is -2.24. The molecular formula is C13H12FN3O2. The number of benzene rings is 1. The molecule has 98 valence electrons. The maximum atomic E-state index is 13.4. The molecule has 0 atom stereocenters. The predicted octanol–water partition coefficient (Wildman–Crippen LogP) is 2.47. The predicted molar refractivity (Wildman–Crippen MR) is 65.0 cm³/mol. The van der Waals surface area contributed by atoms with Crippen molar-refractivity contribution in [3.63, 3.8) is 0 Å². The summed E-state index contributed by atoms with van der Waals surface area (Å²) in [6.45, 7) is 0.0940. The van der Waals surface area contributed by atoms with E-state index in [1.165, 1.54) is 6.07 Å². The van der Waals surface area contributed by atoms with Crippen molar-refractivity contribution < 1.29 is 13.9 Å². The third-order valence-electron chi connectivity index (χ3n) is 3.01. The average Bonchev–Trinajstić information content (AvgIpc) is 2.90. The number of aromatic nitrogens is 2. The fraction of sp³-hybridized carbons (Fsp3) is 0.308. The molecule has 0 aliphatic heterocycles. The van der Waals surface area contributed by atoms with Crippen molar-refractivity contribution in [2.24, 2.45) is 5.16 Å². The van der Waals surface area contributed by atoms with Crippen LogP contribution in [0.5, 0.6) is 0 Å². The van der Waals surface area contributed by atoms with E-state index in [0.29, 0.717) is 17.0 Å². The molecule has 1 aliphatic carbocycles. The molecule has 0 saturated carbocycles. The zero-order chi connectivity index (χ0) is 13.1.